The van der Waals surface area contributed by atoms with Gasteiger partial charge in [0.1, 0.15) is 12.4 Å². The summed E-state index contributed by atoms with van der Waals surface area (Å²) in [5.74, 6) is -0.0984. The molecule has 6 nitrogen and oxygen atoms in total. The molecule has 0 saturated carbocycles. The number of rotatable bonds is 4. The fourth-order valence-corrected chi connectivity index (χ4v) is 4.83. The van der Waals surface area contributed by atoms with Crippen molar-refractivity contribution in [2.75, 3.05) is 31.5 Å². The third kappa shape index (κ3) is 4.65. The van der Waals surface area contributed by atoms with E-state index in [0.717, 1.165) is 29.9 Å². The topological polar surface area (TPSA) is 54.6 Å². The van der Waals surface area contributed by atoms with Gasteiger partial charge in [-0.25, -0.2) is 4.68 Å². The largest absolute Gasteiger partial charge is 0.410 e. The summed E-state index contributed by atoms with van der Waals surface area (Å²) in [7, 11) is 0. The highest BCUT2D eigenvalue weighted by Crippen LogP contribution is 2.43. The Kier molecular flexibility index (Phi) is 6.03. The van der Waals surface area contributed by atoms with Gasteiger partial charge in [0.25, 0.3) is 5.91 Å². The first kappa shape index (κ1) is 22.5. The minimum atomic E-state index is -4.47. The molecule has 178 valence electrons. The Morgan fingerprint density at radius 2 is 1.68 bits per heavy atom. The first-order valence-electron chi connectivity index (χ1n) is 11.5. The van der Waals surface area contributed by atoms with Crippen molar-refractivity contribution in [3.63, 3.8) is 0 Å². The van der Waals surface area contributed by atoms with Crippen molar-refractivity contribution >= 4 is 11.7 Å². The average molecular weight is 471 g/mol. The first-order chi connectivity index (χ1) is 16.4. The number of amides is 1. The third-order valence-corrected chi connectivity index (χ3v) is 6.67. The number of hydrogen-bond donors (Lipinski definition) is 2. The lowest BCUT2D eigenvalue weighted by Crippen LogP contribution is -3.13. The fraction of sp³-hybridized carbons (Fsp3) is 0.360. The second-order valence-electron chi connectivity index (χ2n) is 8.96. The zero-order valence-corrected chi connectivity index (χ0v) is 18.6. The molecule has 0 unspecified atom stereocenters. The zero-order valence-electron chi connectivity index (χ0n) is 18.6. The van der Waals surface area contributed by atoms with Gasteiger partial charge in [-0.15, -0.1) is 0 Å². The summed E-state index contributed by atoms with van der Waals surface area (Å²) in [6, 6.07) is 18.4. The number of nitrogens with one attached hydrogen (secondary N) is 2. The summed E-state index contributed by atoms with van der Waals surface area (Å²) in [6.45, 7) is 3.55. The van der Waals surface area contributed by atoms with Crippen molar-refractivity contribution in [3.05, 3.63) is 83.6 Å². The van der Waals surface area contributed by atoms with E-state index in [0.29, 0.717) is 13.1 Å². The van der Waals surface area contributed by atoms with Gasteiger partial charge in [0.05, 0.1) is 32.2 Å². The van der Waals surface area contributed by atoms with Crippen molar-refractivity contribution in [2.45, 2.75) is 31.2 Å². The molecule has 34 heavy (non-hydrogen) atoms. The number of halogens is 3. The lowest BCUT2D eigenvalue weighted by atomic mass is 9.97. The summed E-state index contributed by atoms with van der Waals surface area (Å²) in [5.41, 5.74) is 2.07. The van der Waals surface area contributed by atoms with E-state index in [9.17, 15) is 18.0 Å². The fourth-order valence-electron chi connectivity index (χ4n) is 4.83. The van der Waals surface area contributed by atoms with Crippen LogP contribution in [0.2, 0.25) is 0 Å². The first-order valence-corrected chi connectivity index (χ1v) is 11.5. The summed E-state index contributed by atoms with van der Waals surface area (Å²) in [5, 5.41) is 7.28. The number of carbonyl (C=O) groups excluding carboxylic acids is 1. The maximum Gasteiger partial charge on any atom is 0.410 e. The number of alkyl halides is 3. The van der Waals surface area contributed by atoms with Gasteiger partial charge >= 0.3 is 6.18 Å². The highest BCUT2D eigenvalue weighted by molar-refractivity contribution is 5.93. The molecule has 0 spiro atoms. The van der Waals surface area contributed by atoms with Crippen LogP contribution in [0.3, 0.4) is 0 Å². The quantitative estimate of drug-likeness (QED) is 0.616. The van der Waals surface area contributed by atoms with Gasteiger partial charge in [0.15, 0.2) is 11.7 Å². The maximum absolute atomic E-state index is 13.9. The highest BCUT2D eigenvalue weighted by atomic mass is 19.4. The highest BCUT2D eigenvalue weighted by Gasteiger charge is 2.47. The Labute approximate surface area is 196 Å². The van der Waals surface area contributed by atoms with Crippen molar-refractivity contribution in [2.24, 2.45) is 0 Å². The maximum atomic E-state index is 13.9. The Balaban J connectivity index is 1.30. The van der Waals surface area contributed by atoms with E-state index in [1.54, 1.807) is 29.2 Å². The molecule has 0 radical (unpaired) electrons. The predicted molar refractivity (Wildman–Crippen MR) is 121 cm³/mol. The number of piperazine rings is 1. The summed E-state index contributed by atoms with van der Waals surface area (Å²) in [4.78, 5) is 16.2. The van der Waals surface area contributed by atoms with Crippen molar-refractivity contribution in [1.29, 1.82) is 0 Å². The minimum absolute atomic E-state index is 0.0528. The van der Waals surface area contributed by atoms with Crippen LogP contribution in [0.5, 0.6) is 0 Å². The molecule has 3 heterocycles. The van der Waals surface area contributed by atoms with Crippen LogP contribution in [0.4, 0.5) is 19.0 Å². The van der Waals surface area contributed by atoms with Crippen LogP contribution in [0.25, 0.3) is 0 Å². The summed E-state index contributed by atoms with van der Waals surface area (Å²) >= 11 is 0. The SMILES string of the molecule is O=C(c1cc2n(n1)[C@H](C(F)(F)F)C[C@H](c1ccccc1)N2)N1CC[NH+](Cc2ccccc2)CC1. The molecule has 0 bridgehead atoms. The van der Waals surface area contributed by atoms with E-state index in [4.69, 9.17) is 0 Å². The molecule has 0 aliphatic carbocycles. The number of nitrogens with zero attached hydrogens (tertiary/aromatic N) is 3. The minimum Gasteiger partial charge on any atom is -0.363 e. The van der Waals surface area contributed by atoms with Gasteiger partial charge in [-0.2, -0.15) is 18.3 Å². The van der Waals surface area contributed by atoms with Gasteiger partial charge in [0, 0.05) is 18.1 Å². The van der Waals surface area contributed by atoms with Crippen LogP contribution in [0.15, 0.2) is 66.7 Å². The van der Waals surface area contributed by atoms with Crippen LogP contribution in [0.1, 0.15) is 40.1 Å². The van der Waals surface area contributed by atoms with Crippen molar-refractivity contribution in [1.82, 2.24) is 14.7 Å². The van der Waals surface area contributed by atoms with E-state index in [2.05, 4.69) is 22.5 Å². The number of carbonyl (C=O) groups is 1. The molecule has 2 aromatic carbocycles. The monoisotopic (exact) mass is 470 g/mol. The molecule has 1 fully saturated rings. The molecule has 5 rings (SSSR count). The molecule has 3 aromatic rings. The van der Waals surface area contributed by atoms with E-state index in [1.165, 1.54) is 16.5 Å². The molecule has 2 aliphatic heterocycles. The Bertz CT molecular complexity index is 1120. The predicted octanol–water partition coefficient (Wildman–Crippen LogP) is 3.08. The molecule has 2 aliphatic rings. The molecule has 1 amide bonds. The van der Waals surface area contributed by atoms with E-state index in [-0.39, 0.29) is 23.8 Å². The van der Waals surface area contributed by atoms with Gasteiger partial charge in [-0.1, -0.05) is 60.7 Å². The van der Waals surface area contributed by atoms with Crippen molar-refractivity contribution < 1.29 is 22.9 Å². The molecule has 2 atom stereocenters. The Morgan fingerprint density at radius 1 is 1.03 bits per heavy atom. The molecule has 1 aromatic heterocycles. The lowest BCUT2D eigenvalue weighted by Gasteiger charge is -2.33. The van der Waals surface area contributed by atoms with Crippen LogP contribution in [0, 0.1) is 0 Å². The average Bonchev–Trinajstić information content (AvgIpc) is 3.28. The molecule has 9 heteroatoms. The summed E-state index contributed by atoms with van der Waals surface area (Å²) < 4.78 is 42.7. The van der Waals surface area contributed by atoms with Gasteiger partial charge in [-0.3, -0.25) is 4.79 Å². The number of benzene rings is 2. The number of anilines is 1. The van der Waals surface area contributed by atoms with Crippen LogP contribution < -0.4 is 10.2 Å². The Morgan fingerprint density at radius 3 is 2.32 bits per heavy atom. The molecular weight excluding hydrogens is 443 g/mol. The third-order valence-electron chi connectivity index (χ3n) is 6.67. The molecule has 2 N–H and O–H groups in total. The van der Waals surface area contributed by atoms with Gasteiger partial charge in [0.2, 0.25) is 0 Å². The second-order valence-corrected chi connectivity index (χ2v) is 8.96. The van der Waals surface area contributed by atoms with Crippen LogP contribution in [-0.2, 0) is 6.54 Å². The van der Waals surface area contributed by atoms with Crippen LogP contribution in [-0.4, -0.2) is 52.9 Å². The van der Waals surface area contributed by atoms with E-state index < -0.39 is 18.3 Å². The standard InChI is InChI=1S/C25H26F3N5O/c26-25(27,28)22-15-20(19-9-5-2-6-10-19)29-23-16-21(30-33(22)23)24(34)32-13-11-31(12-14-32)17-18-7-3-1-4-8-18/h1-10,16,20,22,29H,11-15,17H2/p+1/t20-,22+/m1/s1. The summed E-state index contributed by atoms with van der Waals surface area (Å²) in [6.07, 6.45) is -4.65. The Hall–Kier alpha value is -3.33. The number of fused-ring (bicyclic) bond motifs is 1. The number of hydrogen-bond acceptors (Lipinski definition) is 3. The lowest BCUT2D eigenvalue weighted by molar-refractivity contribution is -0.917. The van der Waals surface area contributed by atoms with Crippen LogP contribution >= 0.6 is 0 Å². The van der Waals surface area contributed by atoms with Gasteiger partial charge in [-0.05, 0) is 5.56 Å². The van der Waals surface area contributed by atoms with Gasteiger partial charge < -0.3 is 15.1 Å². The second kappa shape index (κ2) is 9.13. The smallest absolute Gasteiger partial charge is 0.363 e. The van der Waals surface area contributed by atoms with E-state index >= 15 is 0 Å². The molecule has 1 saturated heterocycles. The molecular formula is C25H27F3N5O+. The zero-order chi connectivity index (χ0) is 23.7. The van der Waals surface area contributed by atoms with E-state index in [1.807, 2.05) is 24.3 Å². The number of quaternary nitrogens is 1. The number of aromatic nitrogens is 2. The normalized spacial score (nSPS) is 21.1. The van der Waals surface area contributed by atoms with Crippen molar-refractivity contribution in [3.8, 4) is 0 Å².